The SMILES string of the molecule is CC(C)(C)OC(=O)N1CCCc2oc3cc(N4CCN(CCc5ccc(Cl)cn5)CC4=O)ccc3c2C1. The number of pyridine rings is 1. The number of amides is 2. The molecule has 4 heterocycles. The Kier molecular flexibility index (Phi) is 7.14. The third-order valence-corrected chi connectivity index (χ3v) is 7.00. The summed E-state index contributed by atoms with van der Waals surface area (Å²) in [5, 5.41) is 1.61. The van der Waals surface area contributed by atoms with E-state index in [1.807, 2.05) is 56.0 Å². The van der Waals surface area contributed by atoms with Crippen LogP contribution in [0.2, 0.25) is 5.02 Å². The molecule has 0 saturated carbocycles. The highest BCUT2D eigenvalue weighted by Crippen LogP contribution is 2.33. The molecule has 0 radical (unpaired) electrons. The van der Waals surface area contributed by atoms with Crippen molar-refractivity contribution in [2.75, 3.05) is 37.6 Å². The lowest BCUT2D eigenvalue weighted by Crippen LogP contribution is -2.50. The minimum absolute atomic E-state index is 0.0684. The van der Waals surface area contributed by atoms with Crippen LogP contribution in [-0.2, 0) is 28.9 Å². The highest BCUT2D eigenvalue weighted by molar-refractivity contribution is 6.30. The number of aryl methyl sites for hydroxylation is 1. The Balaban J connectivity index is 1.26. The zero-order chi connectivity index (χ0) is 26.2. The maximum atomic E-state index is 13.0. The molecule has 1 fully saturated rings. The summed E-state index contributed by atoms with van der Waals surface area (Å²) in [5.74, 6) is 0.976. The minimum atomic E-state index is -0.539. The van der Waals surface area contributed by atoms with E-state index >= 15 is 0 Å². The fourth-order valence-corrected chi connectivity index (χ4v) is 5.04. The van der Waals surface area contributed by atoms with Gasteiger partial charge in [0.1, 0.15) is 16.9 Å². The van der Waals surface area contributed by atoms with Crippen molar-refractivity contribution in [2.24, 2.45) is 0 Å². The van der Waals surface area contributed by atoms with Crippen molar-refractivity contribution in [3.63, 3.8) is 0 Å². The van der Waals surface area contributed by atoms with Crippen molar-refractivity contribution in [3.05, 3.63) is 58.6 Å². The molecule has 2 aromatic heterocycles. The quantitative estimate of drug-likeness (QED) is 0.475. The Morgan fingerprint density at radius 3 is 2.70 bits per heavy atom. The Bertz CT molecular complexity index is 1300. The lowest BCUT2D eigenvalue weighted by molar-refractivity contribution is -0.121. The van der Waals surface area contributed by atoms with Crippen LogP contribution in [0.5, 0.6) is 0 Å². The van der Waals surface area contributed by atoms with Crippen LogP contribution in [0.25, 0.3) is 11.0 Å². The second kappa shape index (κ2) is 10.3. The summed E-state index contributed by atoms with van der Waals surface area (Å²) in [6.45, 7) is 9.25. The molecule has 2 aliphatic rings. The second-order valence-corrected chi connectivity index (χ2v) is 11.2. The molecule has 196 valence electrons. The van der Waals surface area contributed by atoms with E-state index in [1.165, 1.54) is 0 Å². The summed E-state index contributed by atoms with van der Waals surface area (Å²) in [5.41, 5.74) is 3.04. The Labute approximate surface area is 222 Å². The number of furan rings is 1. The monoisotopic (exact) mass is 524 g/mol. The number of aromatic nitrogens is 1. The predicted molar refractivity (Wildman–Crippen MR) is 143 cm³/mol. The largest absolute Gasteiger partial charge is 0.461 e. The van der Waals surface area contributed by atoms with Crippen molar-refractivity contribution in [3.8, 4) is 0 Å². The number of carbonyl (C=O) groups excluding carboxylic acids is 2. The molecule has 9 heteroatoms. The zero-order valence-corrected chi connectivity index (χ0v) is 22.4. The molecule has 1 aromatic carbocycles. The van der Waals surface area contributed by atoms with Gasteiger partial charge in [0.05, 0.1) is 18.1 Å². The van der Waals surface area contributed by atoms with Gasteiger partial charge >= 0.3 is 6.09 Å². The summed E-state index contributed by atoms with van der Waals surface area (Å²) in [6.07, 6.45) is 3.69. The number of fused-ring (bicyclic) bond motifs is 3. The number of halogens is 1. The smallest absolute Gasteiger partial charge is 0.410 e. The van der Waals surface area contributed by atoms with Gasteiger partial charge in [-0.15, -0.1) is 0 Å². The standard InChI is InChI=1S/C28H33ClN4O4/c1-28(2,3)37-27(35)32-11-4-5-24-23(17-32)22-9-8-21(15-25(22)36-24)33-14-13-31(18-26(33)34)12-10-20-7-6-19(29)16-30-20/h6-9,15-16H,4-5,10-14,17-18H2,1-3H3. The van der Waals surface area contributed by atoms with E-state index in [-0.39, 0.29) is 12.0 Å². The Morgan fingerprint density at radius 1 is 1.14 bits per heavy atom. The molecule has 0 N–H and O–H groups in total. The van der Waals surface area contributed by atoms with E-state index in [1.54, 1.807) is 11.1 Å². The van der Waals surface area contributed by atoms with E-state index in [0.717, 1.165) is 66.0 Å². The average Bonchev–Trinajstić information content (AvgIpc) is 3.04. The summed E-state index contributed by atoms with van der Waals surface area (Å²) >= 11 is 5.92. The number of hydrogen-bond acceptors (Lipinski definition) is 6. The van der Waals surface area contributed by atoms with Crippen molar-refractivity contribution in [1.82, 2.24) is 14.8 Å². The van der Waals surface area contributed by atoms with Crippen LogP contribution in [0.15, 0.2) is 40.9 Å². The summed E-state index contributed by atoms with van der Waals surface area (Å²) < 4.78 is 11.8. The topological polar surface area (TPSA) is 79.1 Å². The molecule has 8 nitrogen and oxygen atoms in total. The van der Waals surface area contributed by atoms with Crippen LogP contribution in [-0.4, -0.2) is 65.1 Å². The van der Waals surface area contributed by atoms with Gasteiger partial charge in [0.2, 0.25) is 5.91 Å². The van der Waals surface area contributed by atoms with Gasteiger partial charge in [-0.3, -0.25) is 14.7 Å². The maximum Gasteiger partial charge on any atom is 0.410 e. The average molecular weight is 525 g/mol. The lowest BCUT2D eigenvalue weighted by Gasteiger charge is -2.34. The third-order valence-electron chi connectivity index (χ3n) is 6.78. The van der Waals surface area contributed by atoms with Crippen LogP contribution < -0.4 is 4.90 Å². The van der Waals surface area contributed by atoms with Gasteiger partial charge < -0.3 is 19.0 Å². The molecule has 2 amide bonds. The number of rotatable bonds is 4. The second-order valence-electron chi connectivity index (χ2n) is 10.7. The molecule has 0 aliphatic carbocycles. The molecule has 37 heavy (non-hydrogen) atoms. The molecule has 5 rings (SSSR count). The van der Waals surface area contributed by atoms with Crippen molar-refractivity contribution < 1.29 is 18.7 Å². The Morgan fingerprint density at radius 2 is 1.97 bits per heavy atom. The van der Waals surface area contributed by atoms with E-state index in [9.17, 15) is 9.59 Å². The zero-order valence-electron chi connectivity index (χ0n) is 21.6. The van der Waals surface area contributed by atoms with E-state index < -0.39 is 5.60 Å². The molecule has 0 atom stereocenters. The molecule has 0 spiro atoms. The number of ether oxygens (including phenoxy) is 1. The van der Waals surface area contributed by atoms with Gasteiger partial charge in [0, 0.05) is 73.6 Å². The number of nitrogens with zero attached hydrogens (tertiary/aromatic N) is 4. The van der Waals surface area contributed by atoms with E-state index in [2.05, 4.69) is 9.88 Å². The van der Waals surface area contributed by atoms with Gasteiger partial charge in [0.25, 0.3) is 0 Å². The van der Waals surface area contributed by atoms with Gasteiger partial charge in [-0.25, -0.2) is 4.79 Å². The summed E-state index contributed by atoms with van der Waals surface area (Å²) in [4.78, 5) is 35.8. The van der Waals surface area contributed by atoms with Crippen LogP contribution in [0.4, 0.5) is 10.5 Å². The first-order chi connectivity index (χ1) is 17.7. The number of carbonyl (C=O) groups is 2. The van der Waals surface area contributed by atoms with Crippen molar-refractivity contribution in [2.45, 2.75) is 52.2 Å². The van der Waals surface area contributed by atoms with E-state index in [4.69, 9.17) is 20.8 Å². The molecule has 0 unspecified atom stereocenters. The third kappa shape index (κ3) is 5.91. The number of anilines is 1. The highest BCUT2D eigenvalue weighted by atomic mass is 35.5. The maximum absolute atomic E-state index is 13.0. The summed E-state index contributed by atoms with van der Waals surface area (Å²) in [7, 11) is 0. The molecule has 0 bridgehead atoms. The van der Waals surface area contributed by atoms with Crippen LogP contribution in [0.3, 0.4) is 0 Å². The Hall–Kier alpha value is -3.10. The highest BCUT2D eigenvalue weighted by Gasteiger charge is 2.29. The van der Waals surface area contributed by atoms with Crippen LogP contribution in [0, 0.1) is 0 Å². The van der Waals surface area contributed by atoms with Gasteiger partial charge in [-0.1, -0.05) is 11.6 Å². The fourth-order valence-electron chi connectivity index (χ4n) is 4.93. The molecule has 2 aliphatic heterocycles. The van der Waals surface area contributed by atoms with Crippen LogP contribution in [0.1, 0.15) is 44.2 Å². The first kappa shape index (κ1) is 25.5. The van der Waals surface area contributed by atoms with Crippen molar-refractivity contribution in [1.29, 1.82) is 0 Å². The summed E-state index contributed by atoms with van der Waals surface area (Å²) in [6, 6.07) is 9.70. The van der Waals surface area contributed by atoms with Gasteiger partial charge in [-0.2, -0.15) is 0 Å². The minimum Gasteiger partial charge on any atom is -0.461 e. The molecular weight excluding hydrogens is 492 g/mol. The number of hydrogen-bond donors (Lipinski definition) is 0. The predicted octanol–water partition coefficient (Wildman–Crippen LogP) is 5.06. The molecule has 3 aromatic rings. The molecular formula is C28H33ClN4O4. The number of benzene rings is 1. The molecule has 1 saturated heterocycles. The van der Waals surface area contributed by atoms with E-state index in [0.29, 0.717) is 31.2 Å². The lowest BCUT2D eigenvalue weighted by atomic mass is 10.1. The first-order valence-electron chi connectivity index (χ1n) is 12.8. The van der Waals surface area contributed by atoms with Gasteiger partial charge in [-0.05, 0) is 51.5 Å². The van der Waals surface area contributed by atoms with Crippen LogP contribution >= 0.6 is 11.6 Å². The van der Waals surface area contributed by atoms with Crippen molar-refractivity contribution >= 4 is 40.3 Å². The normalized spacial score (nSPS) is 17.1. The first-order valence-corrected chi connectivity index (χ1v) is 13.2. The number of piperazine rings is 1. The fraction of sp³-hybridized carbons (Fsp3) is 0.464. The van der Waals surface area contributed by atoms with Gasteiger partial charge in [0.15, 0.2) is 0 Å².